The monoisotopic (exact) mass is 731 g/mol. The van der Waals surface area contributed by atoms with Gasteiger partial charge in [0.2, 0.25) is 0 Å². The minimum atomic E-state index is -0.589. The van der Waals surface area contributed by atoms with Crippen molar-refractivity contribution in [3.8, 4) is 27.8 Å². The Morgan fingerprint density at radius 1 is 0.846 bits per heavy atom. The summed E-state index contributed by atoms with van der Waals surface area (Å²) in [5.41, 5.74) is 3.71. The molecule has 3 heterocycles. The topological polar surface area (TPSA) is 134 Å². The molecule has 12 nitrogen and oxygen atoms in total. The van der Waals surface area contributed by atoms with Gasteiger partial charge in [0.05, 0.1) is 72.7 Å². The highest BCUT2D eigenvalue weighted by molar-refractivity contribution is 7.22. The summed E-state index contributed by atoms with van der Waals surface area (Å²) in [6.45, 7) is 4.55. The Morgan fingerprint density at radius 2 is 1.62 bits per heavy atom. The third-order valence-corrected chi connectivity index (χ3v) is 8.97. The molecule has 1 fully saturated rings. The SMILES string of the molecule is COCCOCCOCCOCCOc1ccccc1NCc1ccc(-c2cc3nccc(Oc4ccc(NC(=O)NC5CC5)cc4F)c3s2)nc1. The van der Waals surface area contributed by atoms with E-state index < -0.39 is 5.82 Å². The Morgan fingerprint density at radius 3 is 2.35 bits per heavy atom. The number of carbonyl (C=O) groups is 1. The zero-order chi connectivity index (χ0) is 36.0. The van der Waals surface area contributed by atoms with Gasteiger partial charge in [0, 0.05) is 49.9 Å². The molecule has 3 N–H and O–H groups in total. The average molecular weight is 732 g/mol. The number of urea groups is 1. The zero-order valence-corrected chi connectivity index (χ0v) is 29.7. The van der Waals surface area contributed by atoms with Crippen LogP contribution in [-0.4, -0.2) is 82.0 Å². The molecular formula is C38H42FN5O7S. The second-order valence-electron chi connectivity index (χ2n) is 11.8. The number of thiophene rings is 1. The van der Waals surface area contributed by atoms with Gasteiger partial charge in [-0.1, -0.05) is 18.2 Å². The van der Waals surface area contributed by atoms with Crippen LogP contribution in [0.2, 0.25) is 0 Å². The Kier molecular flexibility index (Phi) is 13.6. The third-order valence-electron chi connectivity index (χ3n) is 7.81. The maximum absolute atomic E-state index is 15.0. The van der Waals surface area contributed by atoms with Gasteiger partial charge in [-0.15, -0.1) is 11.3 Å². The summed E-state index contributed by atoms with van der Waals surface area (Å²) in [5, 5.41) is 8.91. The fraction of sp³-hybridized carbons (Fsp3) is 0.342. The van der Waals surface area contributed by atoms with E-state index in [2.05, 4.69) is 20.9 Å². The number of amides is 2. The number of aromatic nitrogens is 2. The lowest BCUT2D eigenvalue weighted by atomic mass is 10.2. The molecule has 1 saturated carbocycles. The number of anilines is 2. The first-order chi connectivity index (χ1) is 25.6. The van der Waals surface area contributed by atoms with E-state index in [1.165, 1.54) is 23.5 Å². The van der Waals surface area contributed by atoms with E-state index in [9.17, 15) is 9.18 Å². The molecule has 0 spiro atoms. The van der Waals surface area contributed by atoms with Crippen molar-refractivity contribution < 1.29 is 37.6 Å². The third kappa shape index (κ3) is 11.1. The van der Waals surface area contributed by atoms with E-state index in [4.69, 9.17) is 33.4 Å². The first-order valence-corrected chi connectivity index (χ1v) is 17.9. The van der Waals surface area contributed by atoms with E-state index in [1.807, 2.05) is 48.7 Å². The summed E-state index contributed by atoms with van der Waals surface area (Å²) in [7, 11) is 1.64. The number of nitrogens with one attached hydrogen (secondary N) is 3. The molecule has 2 aromatic carbocycles. The Hall–Kier alpha value is -4.86. The van der Waals surface area contributed by atoms with Gasteiger partial charge in [-0.05, 0) is 54.8 Å². The smallest absolute Gasteiger partial charge is 0.319 e. The summed E-state index contributed by atoms with van der Waals surface area (Å²) in [6, 6.07) is 19.6. The number of methoxy groups -OCH3 is 1. The van der Waals surface area contributed by atoms with Crippen LogP contribution >= 0.6 is 11.3 Å². The van der Waals surface area contributed by atoms with Crippen LogP contribution in [0.5, 0.6) is 17.2 Å². The van der Waals surface area contributed by atoms with E-state index in [-0.39, 0.29) is 17.8 Å². The largest absolute Gasteiger partial charge is 0.489 e. The normalized spacial score (nSPS) is 12.5. The number of para-hydroxylation sites is 2. The van der Waals surface area contributed by atoms with Crippen molar-refractivity contribution in [3.63, 3.8) is 0 Å². The maximum atomic E-state index is 15.0. The summed E-state index contributed by atoms with van der Waals surface area (Å²) >= 11 is 1.47. The molecular weight excluding hydrogens is 690 g/mol. The molecule has 274 valence electrons. The Bertz CT molecular complexity index is 1890. The predicted molar refractivity (Wildman–Crippen MR) is 198 cm³/mol. The van der Waals surface area contributed by atoms with Crippen LogP contribution in [-0.2, 0) is 25.5 Å². The van der Waals surface area contributed by atoms with Crippen LogP contribution in [0.1, 0.15) is 18.4 Å². The quantitative estimate of drug-likeness (QED) is 0.0663. The molecule has 0 unspecified atom stereocenters. The van der Waals surface area contributed by atoms with E-state index in [1.54, 1.807) is 25.4 Å². The van der Waals surface area contributed by atoms with Crippen molar-refractivity contribution in [3.05, 3.63) is 90.5 Å². The molecule has 0 radical (unpaired) electrons. The number of benzene rings is 2. The van der Waals surface area contributed by atoms with Gasteiger partial charge in [-0.3, -0.25) is 9.97 Å². The number of nitrogens with zero attached hydrogens (tertiary/aromatic N) is 2. The number of ether oxygens (including phenoxy) is 6. The number of carbonyl (C=O) groups excluding carboxylic acids is 1. The van der Waals surface area contributed by atoms with E-state index in [0.717, 1.165) is 50.6 Å². The lowest BCUT2D eigenvalue weighted by molar-refractivity contribution is 0.000188. The van der Waals surface area contributed by atoms with Crippen molar-refractivity contribution in [1.82, 2.24) is 15.3 Å². The molecule has 1 aliphatic rings. The molecule has 0 saturated heterocycles. The van der Waals surface area contributed by atoms with E-state index >= 15 is 0 Å². The molecule has 1 aliphatic carbocycles. The van der Waals surface area contributed by atoms with Crippen LogP contribution in [0.15, 0.2) is 79.1 Å². The number of halogens is 1. The predicted octanol–water partition coefficient (Wildman–Crippen LogP) is 7.26. The highest BCUT2D eigenvalue weighted by atomic mass is 32.1. The molecule has 5 aromatic rings. The molecule has 0 atom stereocenters. The van der Waals surface area contributed by atoms with Crippen molar-refractivity contribution >= 4 is 39.0 Å². The molecule has 3 aromatic heterocycles. The van der Waals surface area contributed by atoms with Crippen molar-refractivity contribution in [1.29, 1.82) is 0 Å². The minimum Gasteiger partial charge on any atom is -0.489 e. The fourth-order valence-corrected chi connectivity index (χ4v) is 6.03. The van der Waals surface area contributed by atoms with Crippen molar-refractivity contribution in [2.75, 3.05) is 70.6 Å². The van der Waals surface area contributed by atoms with Gasteiger partial charge in [0.25, 0.3) is 0 Å². The van der Waals surface area contributed by atoms with Crippen LogP contribution in [0.25, 0.3) is 20.8 Å². The average Bonchev–Trinajstić information content (AvgIpc) is 3.86. The highest BCUT2D eigenvalue weighted by Crippen LogP contribution is 2.39. The second-order valence-corrected chi connectivity index (χ2v) is 12.9. The molecule has 2 amide bonds. The van der Waals surface area contributed by atoms with Gasteiger partial charge >= 0.3 is 6.03 Å². The number of fused-ring (bicyclic) bond motifs is 1. The van der Waals surface area contributed by atoms with E-state index in [0.29, 0.717) is 70.8 Å². The van der Waals surface area contributed by atoms with Gasteiger partial charge < -0.3 is 44.4 Å². The number of pyridine rings is 2. The van der Waals surface area contributed by atoms with Crippen LogP contribution < -0.4 is 25.4 Å². The Balaban J connectivity index is 0.972. The molecule has 0 aliphatic heterocycles. The highest BCUT2D eigenvalue weighted by Gasteiger charge is 2.23. The zero-order valence-electron chi connectivity index (χ0n) is 28.9. The van der Waals surface area contributed by atoms with Gasteiger partial charge in [0.15, 0.2) is 11.6 Å². The first kappa shape index (κ1) is 36.9. The number of rotatable bonds is 21. The van der Waals surface area contributed by atoms with Crippen LogP contribution in [0.4, 0.5) is 20.6 Å². The molecule has 6 rings (SSSR count). The van der Waals surface area contributed by atoms with Gasteiger partial charge in [0.1, 0.15) is 18.1 Å². The lowest BCUT2D eigenvalue weighted by Crippen LogP contribution is -2.30. The maximum Gasteiger partial charge on any atom is 0.319 e. The fourth-order valence-electron chi connectivity index (χ4n) is 4.99. The molecule has 52 heavy (non-hydrogen) atoms. The van der Waals surface area contributed by atoms with Gasteiger partial charge in [-0.25, -0.2) is 9.18 Å². The summed E-state index contributed by atoms with van der Waals surface area (Å²) in [6.07, 6.45) is 5.39. The molecule has 0 bridgehead atoms. The van der Waals surface area contributed by atoms with Crippen molar-refractivity contribution in [2.24, 2.45) is 0 Å². The summed E-state index contributed by atoms with van der Waals surface area (Å²) in [4.78, 5) is 22.1. The van der Waals surface area contributed by atoms with Crippen LogP contribution in [0.3, 0.4) is 0 Å². The Labute approximate surface area is 305 Å². The summed E-state index contributed by atoms with van der Waals surface area (Å²) < 4.78 is 49.1. The summed E-state index contributed by atoms with van der Waals surface area (Å²) in [5.74, 6) is 0.668. The number of hydrogen-bond donors (Lipinski definition) is 3. The minimum absolute atomic E-state index is 0.0448. The van der Waals surface area contributed by atoms with Crippen molar-refractivity contribution in [2.45, 2.75) is 25.4 Å². The molecule has 14 heteroatoms. The van der Waals surface area contributed by atoms with Crippen LogP contribution in [0, 0.1) is 5.82 Å². The second kappa shape index (κ2) is 19.1. The first-order valence-electron chi connectivity index (χ1n) is 17.1. The van der Waals surface area contributed by atoms with Gasteiger partial charge in [-0.2, -0.15) is 0 Å². The standard InChI is InChI=1S/C38H42FN5O7S/c1-46-14-15-47-16-17-48-18-19-49-20-21-50-34-5-3-2-4-30(34)41-24-26-6-10-31(42-25-26)36-23-32-37(52-36)35(12-13-40-32)51-33-11-9-28(22-29(33)39)44-38(45)43-27-7-8-27/h2-6,9-13,22-23,25,27,41H,7-8,14-21,24H2,1H3,(H2,43,44,45). The lowest BCUT2D eigenvalue weighted by Gasteiger charge is -2.13. The number of hydrogen-bond acceptors (Lipinski definition) is 11.